The smallest absolute Gasteiger partial charge is 0.127 e. The van der Waals surface area contributed by atoms with Gasteiger partial charge in [0, 0.05) is 0 Å². The Labute approximate surface area is 88.4 Å². The molecule has 0 bridgehead atoms. The van der Waals surface area contributed by atoms with Gasteiger partial charge in [-0.2, -0.15) is 0 Å². The van der Waals surface area contributed by atoms with Gasteiger partial charge < -0.3 is 9.47 Å². The van der Waals surface area contributed by atoms with Crippen LogP contribution in [0.3, 0.4) is 0 Å². The molecule has 1 aromatic carbocycles. The van der Waals surface area contributed by atoms with E-state index in [1.807, 2.05) is 18.2 Å². The van der Waals surface area contributed by atoms with Crippen molar-refractivity contribution in [2.75, 3.05) is 14.2 Å². The van der Waals surface area contributed by atoms with Crippen LogP contribution < -0.4 is 9.47 Å². The van der Waals surface area contributed by atoms with Crippen LogP contribution in [0.1, 0.15) is 5.56 Å². The summed E-state index contributed by atoms with van der Waals surface area (Å²) in [6, 6.07) is 5.58. The summed E-state index contributed by atoms with van der Waals surface area (Å²) in [6.07, 6.45) is 0. The van der Waals surface area contributed by atoms with Crippen LogP contribution in [-0.4, -0.2) is 19.4 Å². The van der Waals surface area contributed by atoms with E-state index in [1.165, 1.54) is 0 Å². The third-order valence-electron chi connectivity index (χ3n) is 1.83. The van der Waals surface area contributed by atoms with Gasteiger partial charge in [-0.15, -0.1) is 0 Å². The second kappa shape index (κ2) is 5.37. The molecule has 0 heterocycles. The van der Waals surface area contributed by atoms with Gasteiger partial charge in [0.1, 0.15) is 11.5 Å². The van der Waals surface area contributed by atoms with Crippen molar-refractivity contribution in [3.63, 3.8) is 0 Å². The SMILES string of the molecule is COc1cccc(OC)c1CN=C=S. The molecular formula is C10H11NO2S. The third kappa shape index (κ3) is 2.31. The Hall–Kier alpha value is -1.38. The molecule has 0 aromatic heterocycles. The molecule has 0 saturated heterocycles. The van der Waals surface area contributed by atoms with Crippen LogP contribution in [-0.2, 0) is 6.54 Å². The van der Waals surface area contributed by atoms with Crippen molar-refractivity contribution in [3.05, 3.63) is 23.8 Å². The lowest BCUT2D eigenvalue weighted by atomic mass is 10.2. The van der Waals surface area contributed by atoms with Gasteiger partial charge >= 0.3 is 0 Å². The predicted octanol–water partition coefficient (Wildman–Crippen LogP) is 2.31. The molecular weight excluding hydrogens is 198 g/mol. The molecule has 0 spiro atoms. The maximum absolute atomic E-state index is 5.18. The van der Waals surface area contributed by atoms with Crippen LogP contribution in [0.25, 0.3) is 0 Å². The second-order valence-electron chi connectivity index (χ2n) is 2.55. The largest absolute Gasteiger partial charge is 0.496 e. The Balaban J connectivity index is 3.11. The summed E-state index contributed by atoms with van der Waals surface area (Å²) in [5.41, 5.74) is 0.884. The molecule has 1 aromatic rings. The summed E-state index contributed by atoms with van der Waals surface area (Å²) >= 11 is 4.51. The fourth-order valence-electron chi connectivity index (χ4n) is 1.20. The van der Waals surface area contributed by atoms with E-state index in [9.17, 15) is 0 Å². The highest BCUT2D eigenvalue weighted by Gasteiger charge is 2.07. The fourth-order valence-corrected chi connectivity index (χ4v) is 1.26. The molecule has 74 valence electrons. The molecule has 0 radical (unpaired) electrons. The summed E-state index contributed by atoms with van der Waals surface area (Å²) < 4.78 is 10.4. The van der Waals surface area contributed by atoms with Crippen LogP contribution in [0.15, 0.2) is 23.2 Å². The van der Waals surface area contributed by atoms with Crippen molar-refractivity contribution in [3.8, 4) is 11.5 Å². The summed E-state index contributed by atoms with van der Waals surface area (Å²) in [4.78, 5) is 3.86. The normalized spacial score (nSPS) is 9.00. The van der Waals surface area contributed by atoms with Gasteiger partial charge in [0.05, 0.1) is 31.5 Å². The molecule has 0 unspecified atom stereocenters. The number of isothiocyanates is 1. The molecule has 1 rings (SSSR count). The number of rotatable bonds is 4. The van der Waals surface area contributed by atoms with Crippen molar-refractivity contribution in [1.29, 1.82) is 0 Å². The second-order valence-corrected chi connectivity index (χ2v) is 2.73. The molecule has 4 heteroatoms. The average molecular weight is 209 g/mol. The average Bonchev–Trinajstić information content (AvgIpc) is 2.25. The minimum atomic E-state index is 0.427. The van der Waals surface area contributed by atoms with Gasteiger partial charge in [-0.3, -0.25) is 0 Å². The Morgan fingerprint density at radius 1 is 1.29 bits per heavy atom. The first-order valence-electron chi connectivity index (χ1n) is 4.07. The Kier molecular flexibility index (Phi) is 4.11. The number of nitrogens with zero attached hydrogens (tertiary/aromatic N) is 1. The molecule has 0 N–H and O–H groups in total. The fraction of sp³-hybridized carbons (Fsp3) is 0.300. The molecule has 0 aliphatic heterocycles. The van der Waals surface area contributed by atoms with Crippen molar-refractivity contribution >= 4 is 17.4 Å². The van der Waals surface area contributed by atoms with E-state index in [0.29, 0.717) is 6.54 Å². The van der Waals surface area contributed by atoms with Gasteiger partial charge in [-0.25, -0.2) is 4.99 Å². The predicted molar refractivity (Wildman–Crippen MR) is 58.3 cm³/mol. The quantitative estimate of drug-likeness (QED) is 0.563. The highest BCUT2D eigenvalue weighted by molar-refractivity contribution is 7.78. The number of thiocarbonyl (C=S) groups is 1. The van der Waals surface area contributed by atoms with Crippen molar-refractivity contribution in [2.45, 2.75) is 6.54 Å². The van der Waals surface area contributed by atoms with Crippen molar-refractivity contribution in [2.24, 2.45) is 4.99 Å². The number of hydrogen-bond donors (Lipinski definition) is 0. The highest BCUT2D eigenvalue weighted by Crippen LogP contribution is 2.28. The number of ether oxygens (including phenoxy) is 2. The van der Waals surface area contributed by atoms with E-state index in [2.05, 4.69) is 22.4 Å². The van der Waals surface area contributed by atoms with E-state index in [4.69, 9.17) is 9.47 Å². The molecule has 0 aliphatic rings. The standard InChI is InChI=1S/C10H11NO2S/c1-12-9-4-3-5-10(13-2)8(9)6-11-7-14/h3-5H,6H2,1-2H3. The topological polar surface area (TPSA) is 30.8 Å². The van der Waals surface area contributed by atoms with E-state index < -0.39 is 0 Å². The summed E-state index contributed by atoms with van der Waals surface area (Å²) in [7, 11) is 3.22. The molecule has 0 atom stereocenters. The maximum atomic E-state index is 5.18. The van der Waals surface area contributed by atoms with Crippen LogP contribution in [0, 0.1) is 0 Å². The number of methoxy groups -OCH3 is 2. The lowest BCUT2D eigenvalue weighted by molar-refractivity contribution is 0.386. The van der Waals surface area contributed by atoms with Crippen LogP contribution in [0.2, 0.25) is 0 Å². The van der Waals surface area contributed by atoms with Crippen LogP contribution in [0.5, 0.6) is 11.5 Å². The molecule has 0 saturated carbocycles. The Bertz CT molecular complexity index is 337. The van der Waals surface area contributed by atoms with Gasteiger partial charge in [0.15, 0.2) is 0 Å². The van der Waals surface area contributed by atoms with Gasteiger partial charge in [-0.05, 0) is 24.4 Å². The first kappa shape index (κ1) is 10.7. The highest BCUT2D eigenvalue weighted by atomic mass is 32.1. The van der Waals surface area contributed by atoms with Crippen LogP contribution >= 0.6 is 12.2 Å². The number of aliphatic imine (C=N–C) groups is 1. The molecule has 0 amide bonds. The lowest BCUT2D eigenvalue weighted by Crippen LogP contribution is -1.95. The van der Waals surface area contributed by atoms with Gasteiger partial charge in [0.25, 0.3) is 0 Å². The number of hydrogen-bond acceptors (Lipinski definition) is 4. The van der Waals surface area contributed by atoms with E-state index >= 15 is 0 Å². The van der Waals surface area contributed by atoms with Crippen LogP contribution in [0.4, 0.5) is 0 Å². The van der Waals surface area contributed by atoms with E-state index in [0.717, 1.165) is 17.1 Å². The summed E-state index contributed by atoms with van der Waals surface area (Å²) in [5, 5.41) is 2.32. The first-order valence-corrected chi connectivity index (χ1v) is 4.47. The van der Waals surface area contributed by atoms with Crippen molar-refractivity contribution < 1.29 is 9.47 Å². The monoisotopic (exact) mass is 209 g/mol. The minimum Gasteiger partial charge on any atom is -0.496 e. The molecule has 0 fully saturated rings. The minimum absolute atomic E-state index is 0.427. The lowest BCUT2D eigenvalue weighted by Gasteiger charge is -2.10. The molecule has 3 nitrogen and oxygen atoms in total. The summed E-state index contributed by atoms with van der Waals surface area (Å²) in [5.74, 6) is 1.50. The van der Waals surface area contributed by atoms with Gasteiger partial charge in [0.2, 0.25) is 0 Å². The number of benzene rings is 1. The zero-order valence-corrected chi connectivity index (χ0v) is 8.93. The third-order valence-corrected chi connectivity index (χ3v) is 1.96. The maximum Gasteiger partial charge on any atom is 0.127 e. The van der Waals surface area contributed by atoms with E-state index in [1.54, 1.807) is 14.2 Å². The van der Waals surface area contributed by atoms with Gasteiger partial charge in [-0.1, -0.05) is 6.07 Å². The summed E-state index contributed by atoms with van der Waals surface area (Å²) in [6.45, 7) is 0.427. The van der Waals surface area contributed by atoms with Crippen molar-refractivity contribution in [1.82, 2.24) is 0 Å². The Morgan fingerprint density at radius 3 is 2.29 bits per heavy atom. The van der Waals surface area contributed by atoms with E-state index in [-0.39, 0.29) is 0 Å². The Morgan fingerprint density at radius 2 is 1.86 bits per heavy atom. The molecule has 14 heavy (non-hydrogen) atoms. The molecule has 0 aliphatic carbocycles. The zero-order chi connectivity index (χ0) is 10.4. The first-order chi connectivity index (χ1) is 6.83. The zero-order valence-electron chi connectivity index (χ0n) is 8.11.